The summed E-state index contributed by atoms with van der Waals surface area (Å²) in [5, 5.41) is 9.33. The Morgan fingerprint density at radius 1 is 1.40 bits per heavy atom. The molecule has 1 aliphatic carbocycles. The molecule has 0 saturated heterocycles. The van der Waals surface area contributed by atoms with E-state index in [-0.39, 0.29) is 6.10 Å². The number of aliphatic hydroxyl groups excluding tert-OH is 1. The van der Waals surface area contributed by atoms with Crippen LogP contribution >= 0.6 is 9.24 Å². The van der Waals surface area contributed by atoms with E-state index in [0.29, 0.717) is 11.6 Å². The Kier molecular flexibility index (Phi) is 3.13. The molecule has 0 radical (unpaired) electrons. The fraction of sp³-hybridized carbons (Fsp3) is 1.00. The normalized spacial score (nSPS) is 37.5. The molecule has 1 nitrogen and oxygen atoms in total. The second-order valence-electron chi connectivity index (χ2n) is 3.35. The Bertz CT molecular complexity index is 103. The van der Waals surface area contributed by atoms with Crippen LogP contribution in [0.1, 0.15) is 32.6 Å². The molecule has 0 heterocycles. The smallest absolute Gasteiger partial charge is 0.0546 e. The molecule has 4 atom stereocenters. The Morgan fingerprint density at radius 3 is 2.40 bits per heavy atom. The molecule has 0 aromatic rings. The first-order valence-corrected chi connectivity index (χ1v) is 4.82. The van der Waals surface area contributed by atoms with Gasteiger partial charge < -0.3 is 5.11 Å². The highest BCUT2D eigenvalue weighted by molar-refractivity contribution is 7.17. The molecule has 10 heavy (non-hydrogen) atoms. The number of aliphatic hydroxyl groups is 1. The highest BCUT2D eigenvalue weighted by Crippen LogP contribution is 2.31. The maximum atomic E-state index is 9.33. The minimum atomic E-state index is -0.109. The van der Waals surface area contributed by atoms with Gasteiger partial charge in [0.25, 0.3) is 0 Å². The van der Waals surface area contributed by atoms with Gasteiger partial charge in [-0.3, -0.25) is 0 Å². The fourth-order valence-corrected chi connectivity index (χ4v) is 2.54. The van der Waals surface area contributed by atoms with Crippen molar-refractivity contribution >= 4 is 9.24 Å². The van der Waals surface area contributed by atoms with E-state index in [0.717, 1.165) is 0 Å². The van der Waals surface area contributed by atoms with Crippen LogP contribution < -0.4 is 0 Å². The largest absolute Gasteiger partial charge is 0.393 e. The number of hydrogen-bond donors (Lipinski definition) is 1. The van der Waals surface area contributed by atoms with E-state index < -0.39 is 0 Å². The lowest BCUT2D eigenvalue weighted by atomic mass is 9.85. The van der Waals surface area contributed by atoms with Crippen molar-refractivity contribution in [1.82, 2.24) is 0 Å². The highest BCUT2D eigenvalue weighted by atomic mass is 31.0. The average Bonchev–Trinajstić information content (AvgIpc) is 1.88. The molecule has 1 saturated carbocycles. The topological polar surface area (TPSA) is 20.2 Å². The summed E-state index contributed by atoms with van der Waals surface area (Å²) in [6.45, 7) is 1.91. The first kappa shape index (κ1) is 8.49. The van der Waals surface area contributed by atoms with E-state index in [1.165, 1.54) is 25.7 Å². The molecule has 0 spiro atoms. The van der Waals surface area contributed by atoms with Crippen LogP contribution in [0.15, 0.2) is 0 Å². The fourth-order valence-electron chi connectivity index (χ4n) is 1.79. The van der Waals surface area contributed by atoms with Crippen molar-refractivity contribution in [3.8, 4) is 0 Å². The summed E-state index contributed by atoms with van der Waals surface area (Å²) in [5.74, 6) is 0.541. The number of rotatable bonds is 1. The Morgan fingerprint density at radius 2 is 2.00 bits per heavy atom. The van der Waals surface area contributed by atoms with Gasteiger partial charge in [-0.2, -0.15) is 0 Å². The molecule has 1 aliphatic rings. The van der Waals surface area contributed by atoms with E-state index in [1.54, 1.807) is 0 Å². The molecule has 0 aliphatic heterocycles. The third kappa shape index (κ3) is 1.93. The Hall–Kier alpha value is 0.390. The second kappa shape index (κ2) is 3.69. The summed E-state index contributed by atoms with van der Waals surface area (Å²) >= 11 is 0. The van der Waals surface area contributed by atoms with Crippen molar-refractivity contribution in [2.75, 3.05) is 0 Å². The Labute approximate surface area is 65.4 Å². The van der Waals surface area contributed by atoms with Crippen molar-refractivity contribution in [3.05, 3.63) is 0 Å². The van der Waals surface area contributed by atoms with Crippen LogP contribution in [0, 0.1) is 5.92 Å². The standard InChI is InChI=1S/C8H17OP/c1-6(9)7-4-2-3-5-8(7)10/h6-9H,2-5,10H2,1H3. The van der Waals surface area contributed by atoms with Gasteiger partial charge >= 0.3 is 0 Å². The van der Waals surface area contributed by atoms with Gasteiger partial charge in [0.1, 0.15) is 0 Å². The summed E-state index contributed by atoms with van der Waals surface area (Å²) in [5.41, 5.74) is 0.661. The molecule has 1 fully saturated rings. The van der Waals surface area contributed by atoms with Crippen LogP contribution in [-0.4, -0.2) is 16.9 Å². The molecule has 1 N–H and O–H groups in total. The van der Waals surface area contributed by atoms with Crippen LogP contribution in [0.5, 0.6) is 0 Å². The van der Waals surface area contributed by atoms with Gasteiger partial charge in [-0.25, -0.2) is 0 Å². The third-order valence-corrected chi connectivity index (χ3v) is 3.32. The van der Waals surface area contributed by atoms with Gasteiger partial charge in [-0.15, -0.1) is 9.24 Å². The molecule has 0 aromatic carbocycles. The lowest BCUT2D eigenvalue weighted by molar-refractivity contribution is 0.105. The van der Waals surface area contributed by atoms with Crippen LogP contribution in [0.2, 0.25) is 0 Å². The quantitative estimate of drug-likeness (QED) is 0.580. The molecular formula is C8H17OP. The lowest BCUT2D eigenvalue weighted by Gasteiger charge is -2.30. The molecular weight excluding hydrogens is 143 g/mol. The first-order valence-electron chi connectivity index (χ1n) is 4.15. The van der Waals surface area contributed by atoms with Gasteiger partial charge in [0.15, 0.2) is 0 Å². The van der Waals surface area contributed by atoms with Crippen LogP contribution in [0.25, 0.3) is 0 Å². The van der Waals surface area contributed by atoms with Crippen molar-refractivity contribution < 1.29 is 5.11 Å². The van der Waals surface area contributed by atoms with Crippen molar-refractivity contribution in [1.29, 1.82) is 0 Å². The Balaban J connectivity index is 2.40. The molecule has 0 amide bonds. The minimum Gasteiger partial charge on any atom is -0.393 e. The molecule has 60 valence electrons. The summed E-state index contributed by atoms with van der Waals surface area (Å²) in [6.07, 6.45) is 5.03. The van der Waals surface area contributed by atoms with Crippen LogP contribution in [-0.2, 0) is 0 Å². The molecule has 0 bridgehead atoms. The first-order chi connectivity index (χ1) is 4.72. The van der Waals surface area contributed by atoms with Crippen LogP contribution in [0.3, 0.4) is 0 Å². The molecule has 0 aromatic heterocycles. The summed E-state index contributed by atoms with van der Waals surface area (Å²) in [7, 11) is 2.85. The van der Waals surface area contributed by atoms with E-state index in [2.05, 4.69) is 9.24 Å². The van der Waals surface area contributed by atoms with Crippen LogP contribution in [0.4, 0.5) is 0 Å². The number of hydrogen-bond acceptors (Lipinski definition) is 1. The van der Waals surface area contributed by atoms with Gasteiger partial charge in [-0.05, 0) is 31.3 Å². The van der Waals surface area contributed by atoms with E-state index >= 15 is 0 Å². The molecule has 1 rings (SSSR count). The van der Waals surface area contributed by atoms with E-state index in [9.17, 15) is 5.11 Å². The maximum absolute atomic E-state index is 9.33. The SMILES string of the molecule is CC(O)C1CCCCC1P. The van der Waals surface area contributed by atoms with Crippen molar-refractivity contribution in [2.24, 2.45) is 5.92 Å². The maximum Gasteiger partial charge on any atom is 0.0546 e. The third-order valence-electron chi connectivity index (χ3n) is 2.49. The monoisotopic (exact) mass is 160 g/mol. The van der Waals surface area contributed by atoms with Gasteiger partial charge in [0.2, 0.25) is 0 Å². The van der Waals surface area contributed by atoms with E-state index in [1.807, 2.05) is 6.92 Å². The summed E-state index contributed by atoms with van der Waals surface area (Å²) < 4.78 is 0. The van der Waals surface area contributed by atoms with Crippen molar-refractivity contribution in [3.63, 3.8) is 0 Å². The zero-order valence-electron chi connectivity index (χ0n) is 6.59. The van der Waals surface area contributed by atoms with Crippen molar-refractivity contribution in [2.45, 2.75) is 44.4 Å². The van der Waals surface area contributed by atoms with Gasteiger partial charge in [0, 0.05) is 0 Å². The highest BCUT2D eigenvalue weighted by Gasteiger charge is 2.24. The van der Waals surface area contributed by atoms with Gasteiger partial charge in [0.05, 0.1) is 6.10 Å². The predicted molar refractivity (Wildman–Crippen MR) is 47.1 cm³/mol. The zero-order chi connectivity index (χ0) is 7.56. The molecule has 4 unspecified atom stereocenters. The lowest BCUT2D eigenvalue weighted by Crippen LogP contribution is -2.28. The molecule has 2 heteroatoms. The van der Waals surface area contributed by atoms with E-state index in [4.69, 9.17) is 0 Å². The second-order valence-corrected chi connectivity index (χ2v) is 4.21. The summed E-state index contributed by atoms with van der Waals surface area (Å²) in [6, 6.07) is 0. The summed E-state index contributed by atoms with van der Waals surface area (Å²) in [4.78, 5) is 0. The average molecular weight is 160 g/mol. The zero-order valence-corrected chi connectivity index (χ0v) is 7.74. The predicted octanol–water partition coefficient (Wildman–Crippen LogP) is 1.80. The minimum absolute atomic E-state index is 0.109. The van der Waals surface area contributed by atoms with Gasteiger partial charge in [-0.1, -0.05) is 12.8 Å².